The van der Waals surface area contributed by atoms with Crippen molar-refractivity contribution in [3.05, 3.63) is 29.3 Å². The van der Waals surface area contributed by atoms with Gasteiger partial charge in [-0.2, -0.15) is 0 Å². The Balaban J connectivity index is 2.63. The highest BCUT2D eigenvalue weighted by Gasteiger charge is 2.49. The number of anilines is 1. The van der Waals surface area contributed by atoms with Crippen molar-refractivity contribution in [1.82, 2.24) is 0 Å². The molecule has 0 spiro atoms. The van der Waals surface area contributed by atoms with Crippen LogP contribution in [0.1, 0.15) is 45.7 Å². The van der Waals surface area contributed by atoms with Crippen LogP contribution >= 0.6 is 0 Å². The Morgan fingerprint density at radius 1 is 1.22 bits per heavy atom. The third kappa shape index (κ3) is 2.94. The van der Waals surface area contributed by atoms with Crippen molar-refractivity contribution in [3.63, 3.8) is 0 Å². The molecule has 0 aliphatic carbocycles. The minimum Gasteiger partial charge on any atom is -0.395 e. The Hall–Kier alpha value is -1.62. The number of hydrogen-bond acceptors (Lipinski definition) is 3. The van der Waals surface area contributed by atoms with E-state index in [1.165, 1.54) is 5.56 Å². The number of amides is 1. The third-order valence-electron chi connectivity index (χ3n) is 5.05. The van der Waals surface area contributed by atoms with Crippen molar-refractivity contribution in [2.24, 2.45) is 5.16 Å². The fourth-order valence-corrected chi connectivity index (χ4v) is 4.71. The summed E-state index contributed by atoms with van der Waals surface area (Å²) >= 11 is 0. The lowest BCUT2D eigenvalue weighted by atomic mass is 10.1. The molecule has 4 nitrogen and oxygen atoms in total. The molecule has 0 radical (unpaired) electrons. The van der Waals surface area contributed by atoms with E-state index >= 15 is 0 Å². The van der Waals surface area contributed by atoms with Crippen LogP contribution in [0.5, 0.6) is 0 Å². The molecule has 1 aliphatic rings. The summed E-state index contributed by atoms with van der Waals surface area (Å²) < 4.78 is 2.01. The molecule has 2 rings (SSSR count). The molecule has 1 heterocycles. The number of rotatable bonds is 4. The first-order valence-electron chi connectivity index (χ1n) is 8.33. The van der Waals surface area contributed by atoms with E-state index in [1.807, 2.05) is 11.5 Å². The lowest BCUT2D eigenvalue weighted by Crippen LogP contribution is -2.57. The van der Waals surface area contributed by atoms with E-state index in [4.69, 9.17) is 4.84 Å². The summed E-state index contributed by atoms with van der Waals surface area (Å²) in [6, 6.07) is 6.26. The number of fused-ring (bicyclic) bond motifs is 1. The predicted molar refractivity (Wildman–Crippen MR) is 98.7 cm³/mol. The summed E-state index contributed by atoms with van der Waals surface area (Å²) in [6.45, 7) is 15.6. The van der Waals surface area contributed by atoms with Crippen LogP contribution in [0.2, 0.25) is 18.1 Å². The van der Waals surface area contributed by atoms with Gasteiger partial charge in [-0.1, -0.05) is 52.0 Å². The molecular weight excluding hydrogens is 304 g/mol. The fraction of sp³-hybridized carbons (Fsp3) is 0.556. The van der Waals surface area contributed by atoms with Crippen molar-refractivity contribution in [2.75, 3.05) is 11.2 Å². The summed E-state index contributed by atoms with van der Waals surface area (Å²) in [5, 5.41) is 4.19. The van der Waals surface area contributed by atoms with Gasteiger partial charge in [0.05, 0.1) is 0 Å². The summed E-state index contributed by atoms with van der Waals surface area (Å²) in [6.07, 6.45) is 0.934. The van der Waals surface area contributed by atoms with E-state index in [-0.39, 0.29) is 10.9 Å². The summed E-state index contributed by atoms with van der Waals surface area (Å²) in [5.41, 5.74) is 3.55. The largest absolute Gasteiger partial charge is 0.395 e. The highest BCUT2D eigenvalue weighted by molar-refractivity contribution is 6.90. The summed E-state index contributed by atoms with van der Waals surface area (Å²) in [5.74, 6) is -0.0201. The average Bonchev–Trinajstić information content (AvgIpc) is 2.75. The van der Waals surface area contributed by atoms with E-state index in [2.05, 4.69) is 64.1 Å². The SMILES string of the molecule is CCO/N=C1\C(=O)N([Si](C)(C)C(C)(C)C)c2ccc(CC)cc21. The number of nitrogens with zero attached hydrogens (tertiary/aromatic N) is 2. The lowest BCUT2D eigenvalue weighted by Gasteiger charge is -2.43. The van der Waals surface area contributed by atoms with Crippen molar-refractivity contribution < 1.29 is 9.63 Å². The predicted octanol–water partition coefficient (Wildman–Crippen LogP) is 4.34. The van der Waals surface area contributed by atoms with E-state index in [0.29, 0.717) is 12.3 Å². The molecule has 0 saturated heterocycles. The Kier molecular flexibility index (Phi) is 4.71. The molecule has 0 fully saturated rings. The number of hydrogen-bond donors (Lipinski definition) is 0. The molecule has 1 aromatic rings. The van der Waals surface area contributed by atoms with Crippen LogP contribution in [0.15, 0.2) is 23.4 Å². The van der Waals surface area contributed by atoms with Crippen LogP contribution in [0.4, 0.5) is 5.69 Å². The number of carbonyl (C=O) groups is 1. The van der Waals surface area contributed by atoms with Crippen LogP contribution in [0.3, 0.4) is 0 Å². The molecule has 0 atom stereocenters. The van der Waals surface area contributed by atoms with Gasteiger partial charge < -0.3 is 9.40 Å². The van der Waals surface area contributed by atoms with Crippen LogP contribution in [-0.2, 0) is 16.1 Å². The van der Waals surface area contributed by atoms with Gasteiger partial charge in [-0.25, -0.2) is 0 Å². The van der Waals surface area contributed by atoms with Crippen LogP contribution in [0.25, 0.3) is 0 Å². The molecule has 5 heteroatoms. The Morgan fingerprint density at radius 3 is 2.39 bits per heavy atom. The smallest absolute Gasteiger partial charge is 0.273 e. The minimum absolute atomic E-state index is 0.0201. The second kappa shape index (κ2) is 6.11. The molecule has 0 N–H and O–H groups in total. The normalized spacial score (nSPS) is 16.9. The van der Waals surface area contributed by atoms with Crippen LogP contribution < -0.4 is 4.57 Å². The van der Waals surface area contributed by atoms with Gasteiger partial charge in [-0.05, 0) is 36.1 Å². The second-order valence-electron chi connectivity index (χ2n) is 7.51. The number of oxime groups is 1. The van der Waals surface area contributed by atoms with Crippen molar-refractivity contribution in [3.8, 4) is 0 Å². The second-order valence-corrected chi connectivity index (χ2v) is 12.6. The molecule has 1 aromatic carbocycles. The fourth-order valence-electron chi connectivity index (χ4n) is 2.63. The molecule has 23 heavy (non-hydrogen) atoms. The Labute approximate surface area is 140 Å². The number of aryl methyl sites for hydroxylation is 1. The van der Waals surface area contributed by atoms with Gasteiger partial charge in [-0.3, -0.25) is 4.79 Å². The van der Waals surface area contributed by atoms with E-state index < -0.39 is 8.24 Å². The zero-order valence-corrected chi connectivity index (χ0v) is 16.4. The Morgan fingerprint density at radius 2 is 1.87 bits per heavy atom. The average molecular weight is 333 g/mol. The maximum Gasteiger partial charge on any atom is 0.273 e. The maximum atomic E-state index is 13.1. The quantitative estimate of drug-likeness (QED) is 0.608. The zero-order chi connectivity index (χ0) is 17.4. The third-order valence-corrected chi connectivity index (χ3v) is 10.3. The molecule has 0 saturated carbocycles. The van der Waals surface area contributed by atoms with Gasteiger partial charge in [0.25, 0.3) is 5.91 Å². The van der Waals surface area contributed by atoms with E-state index in [0.717, 1.165) is 17.7 Å². The highest BCUT2D eigenvalue weighted by atomic mass is 28.3. The molecule has 1 amide bonds. The first-order valence-corrected chi connectivity index (χ1v) is 11.3. The summed E-state index contributed by atoms with van der Waals surface area (Å²) in [4.78, 5) is 18.3. The molecule has 126 valence electrons. The van der Waals surface area contributed by atoms with Crippen molar-refractivity contribution in [2.45, 2.75) is 59.2 Å². The van der Waals surface area contributed by atoms with Crippen molar-refractivity contribution >= 4 is 25.5 Å². The first-order chi connectivity index (χ1) is 10.6. The van der Waals surface area contributed by atoms with E-state index in [1.54, 1.807) is 0 Å². The van der Waals surface area contributed by atoms with Gasteiger partial charge in [0.1, 0.15) is 6.61 Å². The molecular formula is C18H28N2O2Si. The molecule has 0 unspecified atom stereocenters. The van der Waals surface area contributed by atoms with Gasteiger partial charge in [0.2, 0.25) is 0 Å². The van der Waals surface area contributed by atoms with Gasteiger partial charge in [0, 0.05) is 11.3 Å². The standard InChI is InChI=1S/C18H28N2O2Si/c1-8-13-10-11-15-14(12-13)16(19-22-9-2)17(21)20(15)23(6,7)18(3,4)5/h10-12H,8-9H2,1-7H3/b19-16-. The highest BCUT2D eigenvalue weighted by Crippen LogP contribution is 2.44. The summed E-state index contributed by atoms with van der Waals surface area (Å²) in [7, 11) is -2.05. The van der Waals surface area contributed by atoms with Gasteiger partial charge in [-0.15, -0.1) is 0 Å². The topological polar surface area (TPSA) is 41.9 Å². The maximum absolute atomic E-state index is 13.1. The first kappa shape index (κ1) is 17.7. The van der Waals surface area contributed by atoms with Gasteiger partial charge in [0.15, 0.2) is 13.9 Å². The molecule has 0 bridgehead atoms. The number of carbonyl (C=O) groups excluding carboxylic acids is 1. The monoisotopic (exact) mass is 332 g/mol. The number of benzene rings is 1. The molecule has 0 aromatic heterocycles. The van der Waals surface area contributed by atoms with Crippen LogP contribution in [-0.4, -0.2) is 26.5 Å². The lowest BCUT2D eigenvalue weighted by molar-refractivity contribution is -0.111. The minimum atomic E-state index is -2.05. The van der Waals surface area contributed by atoms with Crippen LogP contribution in [0, 0.1) is 0 Å². The van der Waals surface area contributed by atoms with E-state index in [9.17, 15) is 4.79 Å². The van der Waals surface area contributed by atoms with Gasteiger partial charge >= 0.3 is 0 Å². The Bertz CT molecular complexity index is 645. The zero-order valence-electron chi connectivity index (χ0n) is 15.4. The van der Waals surface area contributed by atoms with Crippen molar-refractivity contribution in [1.29, 1.82) is 0 Å². The molecule has 1 aliphatic heterocycles.